The molecule has 0 aliphatic carbocycles. The molecule has 1 fully saturated rings. The van der Waals surface area contributed by atoms with Crippen molar-refractivity contribution in [1.82, 2.24) is 9.38 Å². The Kier molecular flexibility index (Phi) is 2.58. The van der Waals surface area contributed by atoms with Crippen LogP contribution in [0.4, 0.5) is 5.82 Å². The molecule has 3 rings (SSSR count). The van der Waals surface area contributed by atoms with Crippen molar-refractivity contribution in [3.63, 3.8) is 0 Å². The number of anilines is 1. The lowest BCUT2D eigenvalue weighted by molar-refractivity contribution is 0.111. The van der Waals surface area contributed by atoms with Gasteiger partial charge < -0.3 is 4.90 Å². The second-order valence-electron chi connectivity index (χ2n) is 5.21. The highest BCUT2D eigenvalue weighted by Gasteiger charge is 2.30. The van der Waals surface area contributed by atoms with E-state index in [0.717, 1.165) is 30.7 Å². The van der Waals surface area contributed by atoms with E-state index in [2.05, 4.69) is 23.7 Å². The third-order valence-corrected chi connectivity index (χ3v) is 3.72. The van der Waals surface area contributed by atoms with Crippen molar-refractivity contribution >= 4 is 17.8 Å². The maximum atomic E-state index is 11.4. The number of pyridine rings is 1. The molecule has 1 aliphatic rings. The smallest absolute Gasteiger partial charge is 0.170 e. The Bertz CT molecular complexity index is 590. The van der Waals surface area contributed by atoms with Crippen molar-refractivity contribution in [2.75, 3.05) is 11.4 Å². The lowest BCUT2D eigenvalue weighted by Gasteiger charge is -2.21. The van der Waals surface area contributed by atoms with Crippen molar-refractivity contribution in [3.05, 3.63) is 30.1 Å². The first-order valence-corrected chi connectivity index (χ1v) is 6.39. The molecule has 0 saturated carbocycles. The molecule has 0 bridgehead atoms. The third-order valence-electron chi connectivity index (χ3n) is 3.72. The van der Waals surface area contributed by atoms with Crippen LogP contribution in [0.5, 0.6) is 0 Å². The van der Waals surface area contributed by atoms with Crippen LogP contribution in [-0.4, -0.2) is 28.3 Å². The van der Waals surface area contributed by atoms with Crippen molar-refractivity contribution in [2.45, 2.75) is 26.3 Å². The third kappa shape index (κ3) is 1.60. The summed E-state index contributed by atoms with van der Waals surface area (Å²) in [6.07, 6.45) is 3.96. The number of aromatic nitrogens is 2. The standard InChI is InChI=1S/C14H17N3O/c1-10-7-11(2)17(8-10)14-12(9-18)16-6-4-3-5-13(16)15-14/h3-6,9-11H,7-8H2,1-2H3. The molecule has 94 valence electrons. The molecule has 2 atom stereocenters. The first-order chi connectivity index (χ1) is 8.70. The van der Waals surface area contributed by atoms with E-state index in [1.807, 2.05) is 28.8 Å². The normalized spacial score (nSPS) is 23.8. The summed E-state index contributed by atoms with van der Waals surface area (Å²) in [6.45, 7) is 5.42. The molecule has 4 heteroatoms. The Hall–Kier alpha value is -1.84. The van der Waals surface area contributed by atoms with Gasteiger partial charge in [-0.3, -0.25) is 9.20 Å². The molecule has 1 aliphatic heterocycles. The Morgan fingerprint density at radius 1 is 1.39 bits per heavy atom. The van der Waals surface area contributed by atoms with Crippen molar-refractivity contribution in [2.24, 2.45) is 5.92 Å². The summed E-state index contributed by atoms with van der Waals surface area (Å²) in [5.41, 5.74) is 1.49. The minimum Gasteiger partial charge on any atom is -0.352 e. The van der Waals surface area contributed by atoms with Gasteiger partial charge in [0.25, 0.3) is 0 Å². The fraction of sp³-hybridized carbons (Fsp3) is 0.429. The average molecular weight is 243 g/mol. The van der Waals surface area contributed by atoms with Gasteiger partial charge in [-0.2, -0.15) is 0 Å². The molecule has 0 aromatic carbocycles. The highest BCUT2D eigenvalue weighted by molar-refractivity contribution is 5.83. The van der Waals surface area contributed by atoms with Gasteiger partial charge in [0.1, 0.15) is 11.3 Å². The van der Waals surface area contributed by atoms with Gasteiger partial charge in [-0.05, 0) is 31.4 Å². The van der Waals surface area contributed by atoms with Crippen molar-refractivity contribution in [3.8, 4) is 0 Å². The van der Waals surface area contributed by atoms with Gasteiger partial charge in [0.15, 0.2) is 12.1 Å². The van der Waals surface area contributed by atoms with Crippen molar-refractivity contribution < 1.29 is 4.79 Å². The Morgan fingerprint density at radius 2 is 2.22 bits per heavy atom. The zero-order chi connectivity index (χ0) is 12.7. The highest BCUT2D eigenvalue weighted by atomic mass is 16.1. The summed E-state index contributed by atoms with van der Waals surface area (Å²) in [5.74, 6) is 1.48. The number of rotatable bonds is 2. The predicted octanol–water partition coefficient (Wildman–Crippen LogP) is 2.38. The van der Waals surface area contributed by atoms with Gasteiger partial charge in [-0.15, -0.1) is 0 Å². The molecule has 3 heterocycles. The van der Waals surface area contributed by atoms with Crippen LogP contribution in [0.3, 0.4) is 0 Å². The van der Waals surface area contributed by atoms with Gasteiger partial charge >= 0.3 is 0 Å². The van der Waals surface area contributed by atoms with E-state index in [9.17, 15) is 4.79 Å². The van der Waals surface area contributed by atoms with Crippen LogP contribution in [0, 0.1) is 5.92 Å². The zero-order valence-corrected chi connectivity index (χ0v) is 10.7. The maximum Gasteiger partial charge on any atom is 0.170 e. The number of carbonyl (C=O) groups is 1. The number of imidazole rings is 1. The van der Waals surface area contributed by atoms with Crippen LogP contribution in [0.2, 0.25) is 0 Å². The lowest BCUT2D eigenvalue weighted by Crippen LogP contribution is -2.28. The van der Waals surface area contributed by atoms with Gasteiger partial charge in [-0.1, -0.05) is 13.0 Å². The average Bonchev–Trinajstić information content (AvgIpc) is 2.88. The molecule has 4 nitrogen and oxygen atoms in total. The fourth-order valence-corrected chi connectivity index (χ4v) is 2.92. The summed E-state index contributed by atoms with van der Waals surface area (Å²) in [7, 11) is 0. The number of fused-ring (bicyclic) bond motifs is 1. The number of nitrogens with zero attached hydrogens (tertiary/aromatic N) is 3. The maximum absolute atomic E-state index is 11.4. The largest absolute Gasteiger partial charge is 0.352 e. The second-order valence-corrected chi connectivity index (χ2v) is 5.21. The molecule has 18 heavy (non-hydrogen) atoms. The van der Waals surface area contributed by atoms with Crippen molar-refractivity contribution in [1.29, 1.82) is 0 Å². The summed E-state index contributed by atoms with van der Waals surface area (Å²) < 4.78 is 1.86. The Labute approximate surface area is 106 Å². The number of carbonyl (C=O) groups excluding carboxylic acids is 1. The SMILES string of the molecule is CC1CC(C)N(c2nc3ccccn3c2C=O)C1. The first-order valence-electron chi connectivity index (χ1n) is 6.39. The monoisotopic (exact) mass is 243 g/mol. The molecule has 0 spiro atoms. The number of hydrogen-bond acceptors (Lipinski definition) is 3. The van der Waals surface area contributed by atoms with Crippen LogP contribution in [-0.2, 0) is 0 Å². The minimum atomic E-state index is 0.448. The molecule has 2 unspecified atom stereocenters. The Balaban J connectivity index is 2.14. The number of hydrogen-bond donors (Lipinski definition) is 0. The van der Waals surface area contributed by atoms with E-state index < -0.39 is 0 Å². The summed E-state index contributed by atoms with van der Waals surface area (Å²) in [4.78, 5) is 18.2. The molecular weight excluding hydrogens is 226 g/mol. The van der Waals surface area contributed by atoms with E-state index in [1.54, 1.807) is 0 Å². The summed E-state index contributed by atoms with van der Waals surface area (Å²) in [5, 5.41) is 0. The van der Waals surface area contributed by atoms with E-state index >= 15 is 0 Å². The molecule has 0 amide bonds. The van der Waals surface area contributed by atoms with Crippen LogP contribution in [0.1, 0.15) is 30.8 Å². The van der Waals surface area contributed by atoms with E-state index in [0.29, 0.717) is 17.7 Å². The molecular formula is C14H17N3O. The molecule has 2 aromatic heterocycles. The van der Waals surface area contributed by atoms with Crippen LogP contribution < -0.4 is 4.90 Å². The van der Waals surface area contributed by atoms with Gasteiger partial charge in [-0.25, -0.2) is 4.98 Å². The highest BCUT2D eigenvalue weighted by Crippen LogP contribution is 2.30. The second kappa shape index (κ2) is 4.12. The minimum absolute atomic E-state index is 0.448. The number of aldehydes is 1. The van der Waals surface area contributed by atoms with E-state index in [-0.39, 0.29) is 0 Å². The first kappa shape index (κ1) is 11.3. The van der Waals surface area contributed by atoms with E-state index in [4.69, 9.17) is 0 Å². The van der Waals surface area contributed by atoms with E-state index in [1.165, 1.54) is 0 Å². The van der Waals surface area contributed by atoms with Crippen LogP contribution in [0.15, 0.2) is 24.4 Å². The fourth-order valence-electron chi connectivity index (χ4n) is 2.92. The molecule has 2 aromatic rings. The topological polar surface area (TPSA) is 37.6 Å². The van der Waals surface area contributed by atoms with Gasteiger partial charge in [0, 0.05) is 18.8 Å². The molecule has 0 N–H and O–H groups in total. The van der Waals surface area contributed by atoms with Gasteiger partial charge in [0.2, 0.25) is 0 Å². The summed E-state index contributed by atoms with van der Waals surface area (Å²) in [6, 6.07) is 6.24. The summed E-state index contributed by atoms with van der Waals surface area (Å²) >= 11 is 0. The molecule has 0 radical (unpaired) electrons. The molecule has 1 saturated heterocycles. The van der Waals surface area contributed by atoms with Gasteiger partial charge in [0.05, 0.1) is 0 Å². The Morgan fingerprint density at radius 3 is 2.89 bits per heavy atom. The predicted molar refractivity (Wildman–Crippen MR) is 71.2 cm³/mol. The lowest BCUT2D eigenvalue weighted by atomic mass is 10.1. The van der Waals surface area contributed by atoms with Crippen LogP contribution in [0.25, 0.3) is 5.65 Å². The quantitative estimate of drug-likeness (QED) is 0.760. The van der Waals surface area contributed by atoms with Crippen LogP contribution >= 0.6 is 0 Å². The zero-order valence-electron chi connectivity index (χ0n) is 10.7.